The van der Waals surface area contributed by atoms with Crippen LogP contribution in [0.5, 0.6) is 5.75 Å². The third kappa shape index (κ3) is 2.50. The number of rotatable bonds is 2. The van der Waals surface area contributed by atoms with E-state index in [1.807, 2.05) is 26.0 Å². The van der Waals surface area contributed by atoms with E-state index >= 15 is 0 Å². The molecule has 7 heteroatoms. The Labute approximate surface area is 163 Å². The van der Waals surface area contributed by atoms with Crippen LogP contribution in [0.15, 0.2) is 24.5 Å². The lowest BCUT2D eigenvalue weighted by atomic mass is 9.94. The molecule has 0 amide bonds. The van der Waals surface area contributed by atoms with Gasteiger partial charge < -0.3 is 20.5 Å². The molecular formula is C21H23N5O2. The first-order valence-electron chi connectivity index (χ1n) is 9.57. The maximum Gasteiger partial charge on any atom is 0.134 e. The molecule has 0 aliphatic carbocycles. The number of anilines is 2. The van der Waals surface area contributed by atoms with Crippen LogP contribution in [-0.2, 0) is 4.74 Å². The van der Waals surface area contributed by atoms with E-state index in [9.17, 15) is 5.11 Å². The number of nitrogens with zero attached hydrogens (tertiary/aromatic N) is 4. The molecule has 2 aliphatic rings. The molecular weight excluding hydrogens is 354 g/mol. The Kier molecular flexibility index (Phi) is 3.71. The molecule has 2 saturated heterocycles. The van der Waals surface area contributed by atoms with Crippen molar-refractivity contribution < 1.29 is 9.84 Å². The average molecular weight is 377 g/mol. The number of nitrogen functional groups attached to an aromatic ring is 1. The molecule has 2 aliphatic heterocycles. The van der Waals surface area contributed by atoms with Crippen LogP contribution >= 0.6 is 0 Å². The molecule has 5 rings (SSSR count). The van der Waals surface area contributed by atoms with E-state index in [0.717, 1.165) is 66.1 Å². The van der Waals surface area contributed by atoms with E-state index in [1.54, 1.807) is 6.07 Å². The zero-order chi connectivity index (χ0) is 19.5. The van der Waals surface area contributed by atoms with Crippen molar-refractivity contribution in [1.29, 1.82) is 0 Å². The highest BCUT2D eigenvalue weighted by Gasteiger charge is 2.45. The van der Waals surface area contributed by atoms with E-state index in [-0.39, 0.29) is 11.4 Å². The third-order valence-corrected chi connectivity index (χ3v) is 6.13. The van der Waals surface area contributed by atoms with Crippen molar-refractivity contribution in [2.45, 2.75) is 32.3 Å². The van der Waals surface area contributed by atoms with Gasteiger partial charge in [-0.3, -0.25) is 0 Å². The van der Waals surface area contributed by atoms with Gasteiger partial charge in [-0.15, -0.1) is 0 Å². The van der Waals surface area contributed by atoms with Gasteiger partial charge in [-0.05, 0) is 38.0 Å². The first-order valence-corrected chi connectivity index (χ1v) is 9.57. The minimum absolute atomic E-state index is 0.0214. The molecule has 4 heterocycles. The zero-order valence-electron chi connectivity index (χ0n) is 16.1. The summed E-state index contributed by atoms with van der Waals surface area (Å²) in [6, 6.07) is 5.58. The highest BCUT2D eigenvalue weighted by atomic mass is 16.5. The smallest absolute Gasteiger partial charge is 0.134 e. The lowest BCUT2D eigenvalue weighted by Gasteiger charge is -2.38. The standard InChI is InChI=1S/C21H23N5O2/c1-12-3-4-15(27)13(2)17(12)19-18-14(20(22)24-11-23-18)9-16(25-19)26-7-5-21(10-26)6-8-28-21/h3-4,9,11,27H,5-8,10H2,1-2H3,(H2,22,23,24)/t21-/m1/s1. The van der Waals surface area contributed by atoms with E-state index in [1.165, 1.54) is 6.33 Å². The molecule has 3 aromatic rings. The van der Waals surface area contributed by atoms with Crippen molar-refractivity contribution in [3.63, 3.8) is 0 Å². The Morgan fingerprint density at radius 3 is 2.75 bits per heavy atom. The SMILES string of the molecule is Cc1ccc(O)c(C)c1-c1nc(N2CC[C@@]3(CCO3)C2)cc2c(N)ncnc12. The zero-order valence-corrected chi connectivity index (χ0v) is 16.1. The summed E-state index contributed by atoms with van der Waals surface area (Å²) in [4.78, 5) is 15.9. The van der Waals surface area contributed by atoms with E-state index in [2.05, 4.69) is 14.9 Å². The molecule has 0 unspecified atom stereocenters. The number of aromatic nitrogens is 3. The minimum Gasteiger partial charge on any atom is -0.508 e. The van der Waals surface area contributed by atoms with Crippen molar-refractivity contribution >= 4 is 22.5 Å². The number of phenolic OH excluding ortho intramolecular Hbond substituents is 1. The van der Waals surface area contributed by atoms with Crippen LogP contribution in [0.4, 0.5) is 11.6 Å². The topological polar surface area (TPSA) is 97.4 Å². The predicted molar refractivity (Wildman–Crippen MR) is 108 cm³/mol. The number of ether oxygens (including phenoxy) is 1. The molecule has 0 radical (unpaired) electrons. The van der Waals surface area contributed by atoms with Gasteiger partial charge in [-0.1, -0.05) is 6.07 Å². The van der Waals surface area contributed by atoms with Crippen molar-refractivity contribution in [1.82, 2.24) is 15.0 Å². The second-order valence-corrected chi connectivity index (χ2v) is 7.84. The molecule has 3 N–H and O–H groups in total. The van der Waals surface area contributed by atoms with Gasteiger partial charge in [0.1, 0.15) is 29.2 Å². The summed E-state index contributed by atoms with van der Waals surface area (Å²) >= 11 is 0. The van der Waals surface area contributed by atoms with Crippen LogP contribution < -0.4 is 10.6 Å². The monoisotopic (exact) mass is 377 g/mol. The van der Waals surface area contributed by atoms with Gasteiger partial charge in [0.25, 0.3) is 0 Å². The number of hydrogen-bond acceptors (Lipinski definition) is 7. The van der Waals surface area contributed by atoms with E-state index in [4.69, 9.17) is 15.5 Å². The molecule has 1 aromatic carbocycles. The normalized spacial score (nSPS) is 21.4. The Hall–Kier alpha value is -2.93. The summed E-state index contributed by atoms with van der Waals surface area (Å²) in [7, 11) is 0. The average Bonchev–Trinajstić information content (AvgIpc) is 3.12. The Balaban J connectivity index is 1.73. The Bertz CT molecular complexity index is 1090. The highest BCUT2D eigenvalue weighted by Crippen LogP contribution is 2.41. The molecule has 2 aromatic heterocycles. The summed E-state index contributed by atoms with van der Waals surface area (Å²) in [5, 5.41) is 11.1. The first-order chi connectivity index (χ1) is 13.5. The molecule has 0 saturated carbocycles. The lowest BCUT2D eigenvalue weighted by molar-refractivity contribution is -0.130. The molecule has 0 bridgehead atoms. The quantitative estimate of drug-likeness (QED) is 0.708. The second-order valence-electron chi connectivity index (χ2n) is 7.84. The maximum absolute atomic E-state index is 10.3. The molecule has 28 heavy (non-hydrogen) atoms. The summed E-state index contributed by atoms with van der Waals surface area (Å²) in [5.41, 5.74) is 10.3. The number of aryl methyl sites for hydroxylation is 1. The van der Waals surface area contributed by atoms with Gasteiger partial charge in [0.05, 0.1) is 17.9 Å². The van der Waals surface area contributed by atoms with Gasteiger partial charge in [-0.2, -0.15) is 0 Å². The number of fused-ring (bicyclic) bond motifs is 1. The van der Waals surface area contributed by atoms with E-state index in [0.29, 0.717) is 11.3 Å². The number of aromatic hydroxyl groups is 1. The van der Waals surface area contributed by atoms with Crippen LogP contribution in [0.1, 0.15) is 24.0 Å². The van der Waals surface area contributed by atoms with Crippen LogP contribution in [0.3, 0.4) is 0 Å². The van der Waals surface area contributed by atoms with Crippen molar-refractivity contribution in [3.05, 3.63) is 35.7 Å². The Morgan fingerprint density at radius 1 is 1.21 bits per heavy atom. The number of hydrogen-bond donors (Lipinski definition) is 2. The number of pyridine rings is 1. The summed E-state index contributed by atoms with van der Waals surface area (Å²) in [6.07, 6.45) is 3.57. The summed E-state index contributed by atoms with van der Waals surface area (Å²) in [6.45, 7) is 6.47. The largest absolute Gasteiger partial charge is 0.508 e. The van der Waals surface area contributed by atoms with Gasteiger partial charge in [0.15, 0.2) is 0 Å². The van der Waals surface area contributed by atoms with Gasteiger partial charge in [-0.25, -0.2) is 15.0 Å². The van der Waals surface area contributed by atoms with Crippen LogP contribution in [-0.4, -0.2) is 45.4 Å². The van der Waals surface area contributed by atoms with Crippen molar-refractivity contribution in [2.75, 3.05) is 30.3 Å². The summed E-state index contributed by atoms with van der Waals surface area (Å²) < 4.78 is 5.86. The molecule has 144 valence electrons. The van der Waals surface area contributed by atoms with Crippen LogP contribution in [0, 0.1) is 13.8 Å². The fourth-order valence-electron chi connectivity index (χ4n) is 4.36. The number of benzene rings is 1. The third-order valence-electron chi connectivity index (χ3n) is 6.13. The minimum atomic E-state index is -0.0214. The summed E-state index contributed by atoms with van der Waals surface area (Å²) in [5.74, 6) is 1.52. The van der Waals surface area contributed by atoms with Crippen molar-refractivity contribution in [2.24, 2.45) is 0 Å². The second kappa shape index (κ2) is 6.04. The molecule has 7 nitrogen and oxygen atoms in total. The number of phenols is 1. The molecule has 2 fully saturated rings. The highest BCUT2D eigenvalue weighted by molar-refractivity contribution is 5.99. The molecule has 1 atom stereocenters. The van der Waals surface area contributed by atoms with E-state index < -0.39 is 0 Å². The van der Waals surface area contributed by atoms with Gasteiger partial charge >= 0.3 is 0 Å². The van der Waals surface area contributed by atoms with Gasteiger partial charge in [0.2, 0.25) is 0 Å². The fourth-order valence-corrected chi connectivity index (χ4v) is 4.36. The Morgan fingerprint density at radius 2 is 2.04 bits per heavy atom. The van der Waals surface area contributed by atoms with Crippen LogP contribution in [0.2, 0.25) is 0 Å². The first kappa shape index (κ1) is 17.2. The fraction of sp³-hybridized carbons (Fsp3) is 0.381. The maximum atomic E-state index is 10.3. The van der Waals surface area contributed by atoms with Crippen molar-refractivity contribution in [3.8, 4) is 17.0 Å². The lowest BCUT2D eigenvalue weighted by Crippen LogP contribution is -2.46. The van der Waals surface area contributed by atoms with Gasteiger partial charge in [0, 0.05) is 36.0 Å². The molecule has 1 spiro atoms. The van der Waals surface area contributed by atoms with Crippen LogP contribution in [0.25, 0.3) is 22.2 Å². The number of nitrogens with two attached hydrogens (primary N) is 1. The predicted octanol–water partition coefficient (Wildman–Crippen LogP) is 2.97.